The molecule has 0 saturated carbocycles. The van der Waals surface area contributed by atoms with Crippen molar-refractivity contribution in [2.24, 2.45) is 0 Å². The SMILES string of the molecule is C#CC(C)(C)Oc1cc(Cl)nc(C(C)(C)C)n1. The summed E-state index contributed by atoms with van der Waals surface area (Å²) in [6.45, 7) is 9.61. The van der Waals surface area contributed by atoms with Gasteiger partial charge in [0.1, 0.15) is 11.0 Å². The van der Waals surface area contributed by atoms with Crippen molar-refractivity contribution in [3.05, 3.63) is 17.0 Å². The van der Waals surface area contributed by atoms with Crippen molar-refractivity contribution in [1.29, 1.82) is 0 Å². The molecule has 1 heterocycles. The van der Waals surface area contributed by atoms with Crippen LogP contribution in [0.4, 0.5) is 0 Å². The van der Waals surface area contributed by atoms with Crippen molar-refractivity contribution in [2.45, 2.75) is 45.6 Å². The molecular formula is C13H17ClN2O. The Hall–Kier alpha value is -1.27. The summed E-state index contributed by atoms with van der Waals surface area (Å²) in [5, 5.41) is 0.354. The van der Waals surface area contributed by atoms with Gasteiger partial charge in [0, 0.05) is 11.5 Å². The molecule has 0 bridgehead atoms. The minimum atomic E-state index is -0.715. The van der Waals surface area contributed by atoms with Gasteiger partial charge in [0.25, 0.3) is 0 Å². The van der Waals surface area contributed by atoms with Gasteiger partial charge in [-0.15, -0.1) is 6.42 Å². The largest absolute Gasteiger partial charge is 0.458 e. The zero-order valence-corrected chi connectivity index (χ0v) is 11.6. The molecule has 0 aliphatic carbocycles. The van der Waals surface area contributed by atoms with Crippen LogP contribution in [-0.2, 0) is 5.41 Å². The third-order valence-electron chi connectivity index (χ3n) is 2.05. The van der Waals surface area contributed by atoms with E-state index in [4.69, 9.17) is 22.8 Å². The highest BCUT2D eigenvalue weighted by atomic mass is 35.5. The first kappa shape index (κ1) is 13.8. The molecule has 4 heteroatoms. The van der Waals surface area contributed by atoms with Crippen LogP contribution in [0.3, 0.4) is 0 Å². The number of ether oxygens (including phenoxy) is 1. The standard InChI is InChI=1S/C13H17ClN2O/c1-7-13(5,6)17-10-8-9(14)15-11(16-10)12(2,3)4/h1,8H,2-6H3. The van der Waals surface area contributed by atoms with Gasteiger partial charge in [0.15, 0.2) is 5.60 Å². The Balaban J connectivity index is 3.12. The molecule has 0 aromatic carbocycles. The van der Waals surface area contributed by atoms with E-state index in [-0.39, 0.29) is 5.41 Å². The van der Waals surface area contributed by atoms with Crippen LogP contribution >= 0.6 is 11.6 Å². The second kappa shape index (κ2) is 4.54. The van der Waals surface area contributed by atoms with Gasteiger partial charge >= 0.3 is 0 Å². The van der Waals surface area contributed by atoms with Gasteiger partial charge in [0.2, 0.25) is 5.88 Å². The minimum absolute atomic E-state index is 0.191. The topological polar surface area (TPSA) is 35.0 Å². The maximum atomic E-state index is 5.95. The van der Waals surface area contributed by atoms with Crippen molar-refractivity contribution in [3.63, 3.8) is 0 Å². The first-order chi connectivity index (χ1) is 7.64. The maximum Gasteiger partial charge on any atom is 0.219 e. The lowest BCUT2D eigenvalue weighted by Crippen LogP contribution is -2.27. The smallest absolute Gasteiger partial charge is 0.219 e. The Kier molecular flexibility index (Phi) is 3.68. The van der Waals surface area contributed by atoms with Gasteiger partial charge < -0.3 is 4.74 Å². The number of nitrogens with zero attached hydrogens (tertiary/aromatic N) is 2. The molecule has 0 aliphatic rings. The number of aromatic nitrogens is 2. The molecule has 0 N–H and O–H groups in total. The highest BCUT2D eigenvalue weighted by Crippen LogP contribution is 2.25. The third-order valence-corrected chi connectivity index (χ3v) is 2.24. The zero-order chi connectivity index (χ0) is 13.3. The molecule has 3 nitrogen and oxygen atoms in total. The van der Waals surface area contributed by atoms with Crippen LogP contribution in [-0.4, -0.2) is 15.6 Å². The van der Waals surface area contributed by atoms with E-state index in [1.54, 1.807) is 19.9 Å². The van der Waals surface area contributed by atoms with Crippen LogP contribution in [0.25, 0.3) is 0 Å². The maximum absolute atomic E-state index is 5.95. The Morgan fingerprint density at radius 2 is 1.82 bits per heavy atom. The molecule has 0 aliphatic heterocycles. The Labute approximate surface area is 108 Å². The summed E-state index contributed by atoms with van der Waals surface area (Å²) in [7, 11) is 0. The van der Waals surface area contributed by atoms with E-state index in [1.165, 1.54) is 0 Å². The summed E-state index contributed by atoms with van der Waals surface area (Å²) in [5.74, 6) is 3.57. The molecular weight excluding hydrogens is 236 g/mol. The molecule has 0 spiro atoms. The lowest BCUT2D eigenvalue weighted by atomic mass is 9.96. The fourth-order valence-electron chi connectivity index (χ4n) is 1.08. The molecule has 0 unspecified atom stereocenters. The number of hydrogen-bond donors (Lipinski definition) is 0. The Bertz CT molecular complexity index is 455. The van der Waals surface area contributed by atoms with Crippen molar-refractivity contribution in [2.75, 3.05) is 0 Å². The average Bonchev–Trinajstić information content (AvgIpc) is 2.14. The van der Waals surface area contributed by atoms with Crippen LogP contribution in [0, 0.1) is 12.3 Å². The molecule has 0 amide bonds. The van der Waals surface area contributed by atoms with E-state index < -0.39 is 5.60 Å². The monoisotopic (exact) mass is 252 g/mol. The van der Waals surface area contributed by atoms with Crippen molar-refractivity contribution in [1.82, 2.24) is 9.97 Å². The number of terminal acetylenes is 1. The first-order valence-corrected chi connectivity index (χ1v) is 5.74. The second-order valence-corrected chi connectivity index (χ2v) is 5.75. The highest BCUT2D eigenvalue weighted by Gasteiger charge is 2.22. The second-order valence-electron chi connectivity index (χ2n) is 5.36. The predicted octanol–water partition coefficient (Wildman–Crippen LogP) is 3.22. The lowest BCUT2D eigenvalue weighted by Gasteiger charge is -2.22. The minimum Gasteiger partial charge on any atom is -0.458 e. The number of halogens is 1. The molecule has 0 atom stereocenters. The molecule has 17 heavy (non-hydrogen) atoms. The summed E-state index contributed by atoms with van der Waals surface area (Å²) in [4.78, 5) is 8.51. The summed E-state index contributed by atoms with van der Waals surface area (Å²) in [6.07, 6.45) is 5.36. The van der Waals surface area contributed by atoms with Crippen LogP contribution in [0.1, 0.15) is 40.4 Å². The molecule has 92 valence electrons. The molecule has 1 aromatic heterocycles. The van der Waals surface area contributed by atoms with E-state index in [1.807, 2.05) is 20.8 Å². The molecule has 1 rings (SSSR count). The summed E-state index contributed by atoms with van der Waals surface area (Å²) >= 11 is 5.95. The average molecular weight is 253 g/mol. The van der Waals surface area contributed by atoms with Crippen molar-refractivity contribution < 1.29 is 4.74 Å². The van der Waals surface area contributed by atoms with Crippen LogP contribution in [0.15, 0.2) is 6.07 Å². The van der Waals surface area contributed by atoms with E-state index in [0.717, 1.165) is 0 Å². The fraction of sp³-hybridized carbons (Fsp3) is 0.538. The van der Waals surface area contributed by atoms with Gasteiger partial charge in [-0.25, -0.2) is 4.98 Å². The molecule has 1 aromatic rings. The predicted molar refractivity (Wildman–Crippen MR) is 69.3 cm³/mol. The first-order valence-electron chi connectivity index (χ1n) is 5.36. The van der Waals surface area contributed by atoms with E-state index in [0.29, 0.717) is 16.9 Å². The Morgan fingerprint density at radius 1 is 1.24 bits per heavy atom. The van der Waals surface area contributed by atoms with Crippen molar-refractivity contribution in [3.8, 4) is 18.2 Å². The third kappa shape index (κ3) is 3.90. The quantitative estimate of drug-likeness (QED) is 0.599. The molecule has 0 saturated heterocycles. The Morgan fingerprint density at radius 3 is 2.29 bits per heavy atom. The summed E-state index contributed by atoms with van der Waals surface area (Å²) in [6, 6.07) is 1.57. The summed E-state index contributed by atoms with van der Waals surface area (Å²) < 4.78 is 5.60. The molecule has 0 radical (unpaired) electrons. The normalized spacial score (nSPS) is 12.1. The van der Waals surface area contributed by atoms with Crippen LogP contribution in [0.5, 0.6) is 5.88 Å². The lowest BCUT2D eigenvalue weighted by molar-refractivity contribution is 0.163. The van der Waals surface area contributed by atoms with Gasteiger partial charge in [0.05, 0.1) is 0 Å². The van der Waals surface area contributed by atoms with Gasteiger partial charge in [-0.2, -0.15) is 4.98 Å². The van der Waals surface area contributed by atoms with E-state index >= 15 is 0 Å². The van der Waals surface area contributed by atoms with Gasteiger partial charge in [-0.1, -0.05) is 38.3 Å². The van der Waals surface area contributed by atoms with Crippen LogP contribution < -0.4 is 4.74 Å². The van der Waals surface area contributed by atoms with Crippen LogP contribution in [0.2, 0.25) is 5.15 Å². The van der Waals surface area contributed by atoms with E-state index in [9.17, 15) is 0 Å². The van der Waals surface area contributed by atoms with E-state index in [2.05, 4.69) is 15.9 Å². The van der Waals surface area contributed by atoms with Gasteiger partial charge in [-0.05, 0) is 13.8 Å². The number of rotatable bonds is 2. The number of hydrogen-bond acceptors (Lipinski definition) is 3. The fourth-order valence-corrected chi connectivity index (χ4v) is 1.25. The molecule has 0 fully saturated rings. The highest BCUT2D eigenvalue weighted by molar-refractivity contribution is 6.29. The van der Waals surface area contributed by atoms with Crippen molar-refractivity contribution >= 4 is 11.6 Å². The van der Waals surface area contributed by atoms with Gasteiger partial charge in [-0.3, -0.25) is 0 Å². The zero-order valence-electron chi connectivity index (χ0n) is 10.8. The summed E-state index contributed by atoms with van der Waals surface area (Å²) in [5.41, 5.74) is -0.907.